The fourth-order valence-electron chi connectivity index (χ4n) is 6.58. The highest BCUT2D eigenvalue weighted by Gasteiger charge is 2.46. The molecule has 2 bridgehead atoms. The molecule has 0 radical (unpaired) electrons. The molecule has 3 fully saturated rings. The van der Waals surface area contributed by atoms with Crippen LogP contribution < -0.4 is 0 Å². The van der Waals surface area contributed by atoms with Crippen LogP contribution in [0.25, 0.3) is 0 Å². The topological polar surface area (TPSA) is 32.8 Å². The van der Waals surface area contributed by atoms with Crippen molar-refractivity contribution in [1.29, 1.82) is 0 Å². The van der Waals surface area contributed by atoms with Crippen molar-refractivity contribution in [1.82, 2.24) is 9.80 Å². The van der Waals surface area contributed by atoms with Crippen LogP contribution in [0.15, 0.2) is 48.5 Å². The molecule has 4 heterocycles. The van der Waals surface area contributed by atoms with Gasteiger partial charge in [0.1, 0.15) is 0 Å². The average molecular weight is 403 g/mol. The second-order valence-corrected chi connectivity index (χ2v) is 9.63. The van der Waals surface area contributed by atoms with Crippen LogP contribution in [-0.4, -0.2) is 41.4 Å². The van der Waals surface area contributed by atoms with Gasteiger partial charge in [0.2, 0.25) is 0 Å². The highest BCUT2D eigenvalue weighted by atomic mass is 16.5. The molecule has 156 valence electrons. The summed E-state index contributed by atoms with van der Waals surface area (Å²) < 4.78 is 5.61. The molecule has 0 N–H and O–H groups in total. The van der Waals surface area contributed by atoms with E-state index < -0.39 is 0 Å². The quantitative estimate of drug-likeness (QED) is 0.746. The van der Waals surface area contributed by atoms with Crippen LogP contribution in [0, 0.1) is 11.8 Å². The van der Waals surface area contributed by atoms with Gasteiger partial charge in [0.25, 0.3) is 5.91 Å². The van der Waals surface area contributed by atoms with Crippen LogP contribution in [0.4, 0.5) is 0 Å². The smallest absolute Gasteiger partial charge is 0.254 e. The van der Waals surface area contributed by atoms with Crippen LogP contribution in [-0.2, 0) is 18.0 Å². The molecule has 4 heteroatoms. The zero-order valence-corrected chi connectivity index (χ0v) is 17.5. The summed E-state index contributed by atoms with van der Waals surface area (Å²) in [6.07, 6.45) is 5.11. The first-order valence-electron chi connectivity index (χ1n) is 11.6. The van der Waals surface area contributed by atoms with Crippen molar-refractivity contribution in [2.24, 2.45) is 11.8 Å². The summed E-state index contributed by atoms with van der Waals surface area (Å²) in [6, 6.07) is 18.3. The zero-order chi connectivity index (χ0) is 20.1. The number of amides is 1. The number of benzene rings is 2. The monoisotopic (exact) mass is 402 g/mol. The number of nitrogens with zero attached hydrogens (tertiary/aromatic N) is 2. The third-order valence-electron chi connectivity index (χ3n) is 7.87. The minimum atomic E-state index is 0.218. The van der Waals surface area contributed by atoms with Gasteiger partial charge >= 0.3 is 0 Å². The molecule has 0 unspecified atom stereocenters. The predicted octanol–water partition coefficient (Wildman–Crippen LogP) is 4.40. The molecule has 6 rings (SSSR count). The van der Waals surface area contributed by atoms with E-state index in [0.29, 0.717) is 37.1 Å². The van der Waals surface area contributed by atoms with Crippen molar-refractivity contribution in [3.05, 3.63) is 70.8 Å². The van der Waals surface area contributed by atoms with E-state index in [9.17, 15) is 4.79 Å². The number of fused-ring (bicyclic) bond motifs is 5. The average Bonchev–Trinajstić information content (AvgIpc) is 3.28. The summed E-state index contributed by atoms with van der Waals surface area (Å²) in [4.78, 5) is 18.5. The van der Waals surface area contributed by atoms with Crippen molar-refractivity contribution in [2.75, 3.05) is 19.6 Å². The maximum atomic E-state index is 13.5. The molecule has 0 aromatic heterocycles. The Morgan fingerprint density at radius 2 is 1.83 bits per heavy atom. The Morgan fingerprint density at radius 1 is 0.933 bits per heavy atom. The first-order valence-corrected chi connectivity index (χ1v) is 11.6. The fraction of sp³-hybridized carbons (Fsp3) is 0.500. The molecule has 0 saturated carbocycles. The molecular formula is C26H30N2O2. The summed E-state index contributed by atoms with van der Waals surface area (Å²) in [7, 11) is 0. The molecule has 4 nitrogen and oxygen atoms in total. The van der Waals surface area contributed by atoms with Gasteiger partial charge in [-0.15, -0.1) is 0 Å². The van der Waals surface area contributed by atoms with Crippen LogP contribution in [0.3, 0.4) is 0 Å². The minimum absolute atomic E-state index is 0.218. The van der Waals surface area contributed by atoms with Gasteiger partial charge in [0.15, 0.2) is 0 Å². The minimum Gasteiger partial charge on any atom is -0.372 e. The first-order chi connectivity index (χ1) is 14.8. The Morgan fingerprint density at radius 3 is 2.73 bits per heavy atom. The van der Waals surface area contributed by atoms with Crippen LogP contribution in [0.1, 0.15) is 58.8 Å². The molecule has 4 atom stereocenters. The number of likely N-dealkylation sites (tertiary alicyclic amines) is 1. The van der Waals surface area contributed by atoms with Gasteiger partial charge in [0.05, 0.1) is 13.2 Å². The van der Waals surface area contributed by atoms with Gasteiger partial charge in [0, 0.05) is 37.3 Å². The largest absolute Gasteiger partial charge is 0.372 e. The number of ether oxygens (including phenoxy) is 1. The van der Waals surface area contributed by atoms with Gasteiger partial charge < -0.3 is 9.64 Å². The lowest BCUT2D eigenvalue weighted by Crippen LogP contribution is -2.60. The molecule has 4 aliphatic heterocycles. The molecule has 4 aliphatic rings. The van der Waals surface area contributed by atoms with E-state index in [4.69, 9.17) is 4.74 Å². The first kappa shape index (κ1) is 18.6. The molecule has 30 heavy (non-hydrogen) atoms. The summed E-state index contributed by atoms with van der Waals surface area (Å²) in [6.45, 7) is 4.14. The van der Waals surface area contributed by atoms with Crippen molar-refractivity contribution in [3.63, 3.8) is 0 Å². The fourth-order valence-corrected chi connectivity index (χ4v) is 6.58. The van der Waals surface area contributed by atoms with Gasteiger partial charge in [-0.05, 0) is 60.3 Å². The maximum absolute atomic E-state index is 13.5. The number of hydrogen-bond acceptors (Lipinski definition) is 3. The zero-order valence-electron chi connectivity index (χ0n) is 17.5. The Hall–Kier alpha value is -2.17. The van der Waals surface area contributed by atoms with E-state index in [2.05, 4.69) is 46.2 Å². The van der Waals surface area contributed by atoms with Gasteiger partial charge in [-0.25, -0.2) is 0 Å². The Bertz CT molecular complexity index is 943. The molecule has 2 aromatic rings. The third kappa shape index (κ3) is 3.09. The molecule has 1 amide bonds. The Kier molecular flexibility index (Phi) is 4.65. The predicted molar refractivity (Wildman–Crippen MR) is 116 cm³/mol. The normalized spacial score (nSPS) is 30.6. The van der Waals surface area contributed by atoms with E-state index in [0.717, 1.165) is 30.8 Å². The number of carbonyl (C=O) groups excluding carboxylic acids is 1. The van der Waals surface area contributed by atoms with E-state index >= 15 is 0 Å². The number of hydrogen-bond donors (Lipinski definition) is 0. The maximum Gasteiger partial charge on any atom is 0.254 e. The lowest BCUT2D eigenvalue weighted by Gasteiger charge is -2.55. The van der Waals surface area contributed by atoms with E-state index in [-0.39, 0.29) is 5.91 Å². The number of carbonyl (C=O) groups is 1. The highest BCUT2D eigenvalue weighted by molar-refractivity contribution is 5.96. The van der Waals surface area contributed by atoms with Crippen LogP contribution in [0.2, 0.25) is 0 Å². The summed E-state index contributed by atoms with van der Waals surface area (Å²) in [5, 5.41) is 0. The molecule has 3 saturated heterocycles. The number of rotatable bonds is 2. The van der Waals surface area contributed by atoms with Gasteiger partial charge in [-0.1, -0.05) is 42.5 Å². The molecule has 0 spiro atoms. The Balaban J connectivity index is 1.24. The van der Waals surface area contributed by atoms with Crippen molar-refractivity contribution in [3.8, 4) is 0 Å². The van der Waals surface area contributed by atoms with Crippen molar-refractivity contribution >= 4 is 5.91 Å². The van der Waals surface area contributed by atoms with Crippen molar-refractivity contribution in [2.45, 2.75) is 51.0 Å². The van der Waals surface area contributed by atoms with E-state index in [1.807, 2.05) is 12.1 Å². The van der Waals surface area contributed by atoms with Crippen LogP contribution >= 0.6 is 0 Å². The molecule has 2 aromatic carbocycles. The summed E-state index contributed by atoms with van der Waals surface area (Å²) >= 11 is 0. The summed E-state index contributed by atoms with van der Waals surface area (Å²) in [5.41, 5.74) is 4.63. The SMILES string of the molecule is O=C(c1cccc2c1COC2)N1C[C@@H]2C[C@H](C1)[C@@H]1CCC[C@H](c3ccccc3)N1C2. The standard InChI is InChI=1S/C26H30N2O2/c29-26(22-9-4-8-20-16-30-17-23(20)22)27-13-18-12-21(15-27)25-11-5-10-24(28(25)14-18)19-6-2-1-3-7-19/h1-4,6-9,18,21,24-25H,5,10-17H2/t18-,21+,24+,25-/m0/s1. The second-order valence-electron chi connectivity index (χ2n) is 9.63. The molecular weight excluding hydrogens is 372 g/mol. The molecule has 0 aliphatic carbocycles. The van der Waals surface area contributed by atoms with E-state index in [1.165, 1.54) is 36.8 Å². The van der Waals surface area contributed by atoms with Crippen LogP contribution in [0.5, 0.6) is 0 Å². The number of piperidine rings is 3. The Labute approximate surface area is 178 Å². The second kappa shape index (κ2) is 7.51. The van der Waals surface area contributed by atoms with Crippen molar-refractivity contribution < 1.29 is 9.53 Å². The van der Waals surface area contributed by atoms with E-state index in [1.54, 1.807) is 0 Å². The highest BCUT2D eigenvalue weighted by Crippen LogP contribution is 2.44. The van der Waals surface area contributed by atoms with Gasteiger partial charge in [-0.2, -0.15) is 0 Å². The van der Waals surface area contributed by atoms with Gasteiger partial charge in [-0.3, -0.25) is 9.69 Å². The lowest BCUT2D eigenvalue weighted by atomic mass is 9.73. The third-order valence-corrected chi connectivity index (χ3v) is 7.87. The summed E-state index contributed by atoms with van der Waals surface area (Å²) in [5.74, 6) is 1.40. The lowest BCUT2D eigenvalue weighted by molar-refractivity contribution is -0.0511.